The van der Waals surface area contributed by atoms with Crippen molar-refractivity contribution in [1.29, 1.82) is 0 Å². The molecule has 1 saturated carbocycles. The number of carbonyl (C=O) groups is 1. The average molecular weight is 490 g/mol. The summed E-state index contributed by atoms with van der Waals surface area (Å²) >= 11 is 3.08. The molecule has 1 aliphatic heterocycles. The molecule has 0 radical (unpaired) electrons. The van der Waals surface area contributed by atoms with Gasteiger partial charge in [0.2, 0.25) is 0 Å². The van der Waals surface area contributed by atoms with E-state index in [4.69, 9.17) is 9.52 Å². The van der Waals surface area contributed by atoms with Gasteiger partial charge >= 0.3 is 0 Å². The quantitative estimate of drug-likeness (QED) is 0.311. The lowest BCUT2D eigenvalue weighted by Gasteiger charge is -2.19. The molecule has 7 nitrogen and oxygen atoms in total. The highest BCUT2D eigenvalue weighted by Crippen LogP contribution is 2.42. The maximum absolute atomic E-state index is 13.4. The summed E-state index contributed by atoms with van der Waals surface area (Å²) in [6.07, 6.45) is 4.50. The van der Waals surface area contributed by atoms with Crippen molar-refractivity contribution in [1.82, 2.24) is 19.8 Å². The first kappa shape index (κ1) is 21.4. The lowest BCUT2D eigenvalue weighted by atomic mass is 10.0. The summed E-state index contributed by atoms with van der Waals surface area (Å²) in [5.41, 5.74) is 3.11. The number of nitrogens with zero attached hydrogens (tertiary/aromatic N) is 5. The molecule has 34 heavy (non-hydrogen) atoms. The van der Waals surface area contributed by atoms with Crippen LogP contribution in [0, 0.1) is 6.92 Å². The van der Waals surface area contributed by atoms with Crippen LogP contribution >= 0.6 is 23.1 Å². The number of thioether (sulfide) groups is 1. The predicted octanol–water partition coefficient (Wildman–Crippen LogP) is 5.71. The molecule has 0 N–H and O–H groups in total. The van der Waals surface area contributed by atoms with E-state index in [0.717, 1.165) is 45.7 Å². The maximum Gasteiger partial charge on any atom is 0.253 e. The fourth-order valence-corrected chi connectivity index (χ4v) is 5.73. The maximum atomic E-state index is 13.4. The van der Waals surface area contributed by atoms with Crippen molar-refractivity contribution in [2.24, 2.45) is 5.10 Å². The first-order valence-corrected chi connectivity index (χ1v) is 13.2. The average Bonchev–Trinajstić information content (AvgIpc) is 3.35. The molecule has 1 aromatic carbocycles. The number of rotatable bonds is 7. The number of furan rings is 1. The Labute approximate surface area is 205 Å². The molecule has 2 aliphatic rings. The highest BCUT2D eigenvalue weighted by atomic mass is 32.2. The largest absolute Gasteiger partial charge is 0.467 e. The zero-order valence-electron chi connectivity index (χ0n) is 18.6. The zero-order chi connectivity index (χ0) is 23.1. The minimum Gasteiger partial charge on any atom is -0.467 e. The molecule has 6 rings (SSSR count). The summed E-state index contributed by atoms with van der Waals surface area (Å²) in [5.74, 6) is 1.79. The van der Waals surface area contributed by atoms with E-state index in [1.165, 1.54) is 17.3 Å². The van der Waals surface area contributed by atoms with Crippen LogP contribution in [0.4, 0.5) is 0 Å². The molecule has 0 bridgehead atoms. The number of benzene rings is 1. The minimum atomic E-state index is -0.248. The summed E-state index contributed by atoms with van der Waals surface area (Å²) < 4.78 is 7.86. The fourth-order valence-electron chi connectivity index (χ4n) is 4.17. The second-order valence-electron chi connectivity index (χ2n) is 8.56. The van der Waals surface area contributed by atoms with Gasteiger partial charge in [0, 0.05) is 12.5 Å². The number of carbonyl (C=O) groups excluding carboxylic acids is 1. The topological polar surface area (TPSA) is 76.5 Å². The van der Waals surface area contributed by atoms with E-state index in [-0.39, 0.29) is 17.7 Å². The third-order valence-corrected chi connectivity index (χ3v) is 7.86. The molecule has 0 spiro atoms. The molecule has 1 amide bonds. The standard InChI is InChI=1S/C25H23N5O2S2/c1-16-6-8-17(9-7-16)19-14-20(21-4-2-12-32-21)30(28-19)23(31)15-34-25-27-26-24(22-5-3-13-33-22)29(25)18-10-11-18/h2-9,12-13,18,20H,10-11,14-15H2,1H3. The Kier molecular flexibility index (Phi) is 5.58. The van der Waals surface area contributed by atoms with Gasteiger partial charge in [0.05, 0.1) is 22.6 Å². The second-order valence-corrected chi connectivity index (χ2v) is 10.4. The van der Waals surface area contributed by atoms with E-state index < -0.39 is 0 Å². The number of hydrogen-bond acceptors (Lipinski definition) is 7. The molecule has 3 aromatic heterocycles. The molecule has 1 aliphatic carbocycles. The Morgan fingerprint density at radius 1 is 1.15 bits per heavy atom. The normalized spacial score (nSPS) is 17.9. The van der Waals surface area contributed by atoms with Crippen LogP contribution in [0.25, 0.3) is 10.7 Å². The third-order valence-electron chi connectivity index (χ3n) is 6.07. The molecule has 1 atom stereocenters. The van der Waals surface area contributed by atoms with Crippen LogP contribution in [0.1, 0.15) is 48.2 Å². The van der Waals surface area contributed by atoms with Crippen molar-refractivity contribution in [2.45, 2.75) is 43.4 Å². The molecular weight excluding hydrogens is 466 g/mol. The first-order valence-electron chi connectivity index (χ1n) is 11.3. The number of aromatic nitrogens is 3. The lowest BCUT2D eigenvalue weighted by molar-refractivity contribution is -0.130. The number of amides is 1. The van der Waals surface area contributed by atoms with Gasteiger partial charge < -0.3 is 4.42 Å². The van der Waals surface area contributed by atoms with Gasteiger partial charge in [-0.2, -0.15) is 5.10 Å². The second kappa shape index (κ2) is 8.88. The molecule has 172 valence electrons. The van der Waals surface area contributed by atoms with Crippen LogP contribution in [-0.4, -0.2) is 37.1 Å². The highest BCUT2D eigenvalue weighted by molar-refractivity contribution is 7.99. The van der Waals surface area contributed by atoms with Gasteiger partial charge in [0.25, 0.3) is 5.91 Å². The van der Waals surface area contributed by atoms with Crippen molar-refractivity contribution < 1.29 is 9.21 Å². The zero-order valence-corrected chi connectivity index (χ0v) is 20.3. The van der Waals surface area contributed by atoms with Gasteiger partial charge in [-0.25, -0.2) is 5.01 Å². The number of thiophene rings is 1. The van der Waals surface area contributed by atoms with Crippen LogP contribution in [0.5, 0.6) is 0 Å². The van der Waals surface area contributed by atoms with Crippen molar-refractivity contribution in [3.05, 3.63) is 77.1 Å². The van der Waals surface area contributed by atoms with E-state index in [1.54, 1.807) is 22.6 Å². The van der Waals surface area contributed by atoms with Gasteiger partial charge in [-0.3, -0.25) is 9.36 Å². The molecule has 0 saturated heterocycles. The summed E-state index contributed by atoms with van der Waals surface area (Å²) in [5, 5.41) is 18.0. The van der Waals surface area contributed by atoms with E-state index in [1.807, 2.05) is 23.6 Å². The van der Waals surface area contributed by atoms with E-state index in [0.29, 0.717) is 12.5 Å². The summed E-state index contributed by atoms with van der Waals surface area (Å²) in [7, 11) is 0. The van der Waals surface area contributed by atoms with Crippen LogP contribution in [-0.2, 0) is 4.79 Å². The van der Waals surface area contributed by atoms with Crippen LogP contribution < -0.4 is 0 Å². The third kappa shape index (κ3) is 4.10. The Hall–Kier alpha value is -3.17. The Bertz CT molecular complexity index is 1320. The monoisotopic (exact) mass is 489 g/mol. The van der Waals surface area contributed by atoms with Gasteiger partial charge in [0.15, 0.2) is 11.0 Å². The van der Waals surface area contributed by atoms with Gasteiger partial charge in [-0.1, -0.05) is 47.7 Å². The van der Waals surface area contributed by atoms with Gasteiger partial charge in [-0.15, -0.1) is 21.5 Å². The van der Waals surface area contributed by atoms with Crippen LogP contribution in [0.15, 0.2) is 74.8 Å². The molecule has 1 unspecified atom stereocenters. The van der Waals surface area contributed by atoms with Gasteiger partial charge in [0.1, 0.15) is 11.8 Å². The lowest BCUT2D eigenvalue weighted by Crippen LogP contribution is -2.28. The van der Waals surface area contributed by atoms with E-state index in [9.17, 15) is 4.79 Å². The molecule has 1 fully saturated rings. The Balaban J connectivity index is 1.24. The van der Waals surface area contributed by atoms with Crippen LogP contribution in [0.2, 0.25) is 0 Å². The van der Waals surface area contributed by atoms with Crippen LogP contribution in [0.3, 0.4) is 0 Å². The first-order chi connectivity index (χ1) is 16.7. The summed E-state index contributed by atoms with van der Waals surface area (Å²) in [4.78, 5) is 14.5. The van der Waals surface area contributed by atoms with Gasteiger partial charge in [-0.05, 0) is 48.9 Å². The van der Waals surface area contributed by atoms with Crippen molar-refractivity contribution in [2.75, 3.05) is 5.75 Å². The molecule has 4 heterocycles. The van der Waals surface area contributed by atoms with Crippen molar-refractivity contribution >= 4 is 34.7 Å². The van der Waals surface area contributed by atoms with E-state index >= 15 is 0 Å². The Morgan fingerprint density at radius 2 is 2.00 bits per heavy atom. The fraction of sp³-hybridized carbons (Fsp3) is 0.280. The predicted molar refractivity (Wildman–Crippen MR) is 133 cm³/mol. The van der Waals surface area contributed by atoms with E-state index in [2.05, 4.69) is 52.0 Å². The minimum absolute atomic E-state index is 0.0727. The molecule has 4 aromatic rings. The Morgan fingerprint density at radius 3 is 2.71 bits per heavy atom. The number of aryl methyl sites for hydroxylation is 1. The molecule has 9 heteroatoms. The highest BCUT2D eigenvalue weighted by Gasteiger charge is 2.36. The molecular formula is C25H23N5O2S2. The number of hydrogen-bond donors (Lipinski definition) is 0. The van der Waals surface area contributed by atoms with Crippen molar-refractivity contribution in [3.63, 3.8) is 0 Å². The van der Waals surface area contributed by atoms with Crippen molar-refractivity contribution in [3.8, 4) is 10.7 Å². The summed E-state index contributed by atoms with van der Waals surface area (Å²) in [6.45, 7) is 2.06. The SMILES string of the molecule is Cc1ccc(C2=NN(C(=O)CSc3nnc(-c4cccs4)n3C3CC3)C(c3ccco3)C2)cc1. The number of hydrazone groups is 1. The smallest absolute Gasteiger partial charge is 0.253 e. The summed E-state index contributed by atoms with van der Waals surface area (Å²) in [6, 6.07) is 16.2.